The molecule has 0 aliphatic rings. The van der Waals surface area contributed by atoms with Gasteiger partial charge in [0.1, 0.15) is 5.82 Å². The van der Waals surface area contributed by atoms with Gasteiger partial charge in [-0.25, -0.2) is 4.39 Å². The summed E-state index contributed by atoms with van der Waals surface area (Å²) in [6.07, 6.45) is 0. The summed E-state index contributed by atoms with van der Waals surface area (Å²) in [7, 11) is 1.64. The molecular weight excluding hydrogens is 191 g/mol. The van der Waals surface area contributed by atoms with Crippen LogP contribution in [0.4, 0.5) is 4.39 Å². The van der Waals surface area contributed by atoms with Crippen molar-refractivity contribution in [1.82, 2.24) is 0 Å². The summed E-state index contributed by atoms with van der Waals surface area (Å²) in [5.74, 6) is 5.04. The van der Waals surface area contributed by atoms with E-state index >= 15 is 0 Å². The third kappa shape index (κ3) is 3.25. The van der Waals surface area contributed by atoms with Crippen molar-refractivity contribution < 1.29 is 4.39 Å². The number of nitrogens with zero attached hydrogens (tertiary/aromatic N) is 2. The molecule has 15 heavy (non-hydrogen) atoms. The molecule has 0 spiro atoms. The van der Waals surface area contributed by atoms with E-state index in [9.17, 15) is 4.39 Å². The van der Waals surface area contributed by atoms with Crippen LogP contribution in [0.5, 0.6) is 0 Å². The Hall–Kier alpha value is -2.13. The molecule has 0 aromatic heterocycles. The third-order valence-corrected chi connectivity index (χ3v) is 1.75. The number of rotatable bonds is 0. The molecule has 0 fully saturated rings. The topological polar surface area (TPSA) is 36.1 Å². The fraction of sp³-hybridized carbons (Fsp3) is 0.167. The van der Waals surface area contributed by atoms with E-state index in [0.29, 0.717) is 11.3 Å². The molecule has 1 rings (SSSR count). The van der Waals surface area contributed by atoms with E-state index in [1.807, 2.05) is 6.07 Å². The Morgan fingerprint density at radius 2 is 2.00 bits per heavy atom. The van der Waals surface area contributed by atoms with E-state index in [1.54, 1.807) is 20.0 Å². The second kappa shape index (κ2) is 4.93. The zero-order chi connectivity index (χ0) is 11.3. The summed E-state index contributed by atoms with van der Waals surface area (Å²) < 4.78 is 13.0. The van der Waals surface area contributed by atoms with Crippen molar-refractivity contribution in [3.63, 3.8) is 0 Å². The van der Waals surface area contributed by atoms with Crippen LogP contribution in [0.2, 0.25) is 0 Å². The van der Waals surface area contributed by atoms with Gasteiger partial charge in [-0.15, -0.1) is 0 Å². The van der Waals surface area contributed by atoms with E-state index in [4.69, 9.17) is 5.26 Å². The Morgan fingerprint density at radius 3 is 2.60 bits per heavy atom. The van der Waals surface area contributed by atoms with E-state index < -0.39 is 5.82 Å². The molecule has 0 bridgehead atoms. The maximum atomic E-state index is 13.0. The first-order valence-corrected chi connectivity index (χ1v) is 4.32. The molecule has 0 radical (unpaired) electrons. The lowest BCUT2D eigenvalue weighted by molar-refractivity contribution is 0.627. The van der Waals surface area contributed by atoms with Gasteiger partial charge in [0.2, 0.25) is 0 Å². The average Bonchev–Trinajstić information content (AvgIpc) is 2.25. The van der Waals surface area contributed by atoms with Crippen LogP contribution in [0, 0.1) is 29.0 Å². The Balaban J connectivity index is 3.10. The molecule has 0 aliphatic heterocycles. The summed E-state index contributed by atoms with van der Waals surface area (Å²) in [4.78, 5) is 3.85. The molecule has 74 valence electrons. The SMILES string of the molecule is CN=C(C)C#Cc1cc(F)cc(C#N)c1. The monoisotopic (exact) mass is 200 g/mol. The maximum absolute atomic E-state index is 13.0. The van der Waals surface area contributed by atoms with E-state index in [0.717, 1.165) is 0 Å². The fourth-order valence-electron chi connectivity index (χ4n) is 0.945. The predicted octanol–water partition coefficient (Wildman–Crippen LogP) is 2.14. The molecular formula is C12H9FN2. The zero-order valence-corrected chi connectivity index (χ0v) is 8.50. The van der Waals surface area contributed by atoms with Crippen LogP contribution in [0.15, 0.2) is 23.2 Å². The van der Waals surface area contributed by atoms with Crippen LogP contribution in [0.1, 0.15) is 18.1 Å². The summed E-state index contributed by atoms with van der Waals surface area (Å²) in [6, 6.07) is 5.87. The molecule has 0 saturated heterocycles. The number of hydrogen-bond donors (Lipinski definition) is 0. The average molecular weight is 200 g/mol. The van der Waals surface area contributed by atoms with Crippen LogP contribution in [0.3, 0.4) is 0 Å². The van der Waals surface area contributed by atoms with E-state index in [2.05, 4.69) is 16.8 Å². The maximum Gasteiger partial charge on any atom is 0.125 e. The first kappa shape index (κ1) is 10.9. The minimum absolute atomic E-state index is 0.269. The predicted molar refractivity (Wildman–Crippen MR) is 57.0 cm³/mol. The van der Waals surface area contributed by atoms with Crippen LogP contribution in [-0.4, -0.2) is 12.8 Å². The molecule has 0 saturated carbocycles. The van der Waals surface area contributed by atoms with Gasteiger partial charge in [-0.05, 0) is 31.0 Å². The van der Waals surface area contributed by atoms with Crippen LogP contribution < -0.4 is 0 Å². The summed E-state index contributed by atoms with van der Waals surface area (Å²) in [5.41, 5.74) is 1.41. The van der Waals surface area contributed by atoms with Gasteiger partial charge in [0, 0.05) is 12.6 Å². The van der Waals surface area contributed by atoms with Gasteiger partial charge in [-0.3, -0.25) is 4.99 Å². The molecule has 3 heteroatoms. The summed E-state index contributed by atoms with van der Waals surface area (Å²) in [6.45, 7) is 1.76. The van der Waals surface area contributed by atoms with Crippen LogP contribution >= 0.6 is 0 Å². The smallest absolute Gasteiger partial charge is 0.125 e. The van der Waals surface area contributed by atoms with E-state index in [1.165, 1.54) is 12.1 Å². The van der Waals surface area contributed by atoms with Gasteiger partial charge < -0.3 is 0 Å². The molecule has 1 aromatic carbocycles. The quantitative estimate of drug-likeness (QED) is 0.467. The van der Waals surface area contributed by atoms with Crippen molar-refractivity contribution in [1.29, 1.82) is 5.26 Å². The highest BCUT2D eigenvalue weighted by atomic mass is 19.1. The van der Waals surface area contributed by atoms with Crippen LogP contribution in [-0.2, 0) is 0 Å². The number of halogens is 1. The minimum atomic E-state index is -0.454. The number of hydrogen-bond acceptors (Lipinski definition) is 2. The van der Waals surface area contributed by atoms with Gasteiger partial charge in [-0.2, -0.15) is 5.26 Å². The molecule has 0 N–H and O–H groups in total. The lowest BCUT2D eigenvalue weighted by atomic mass is 10.1. The van der Waals surface area contributed by atoms with Crippen molar-refractivity contribution in [2.45, 2.75) is 6.92 Å². The van der Waals surface area contributed by atoms with Gasteiger partial charge in [0.15, 0.2) is 0 Å². The number of nitriles is 1. The molecule has 1 aromatic rings. The van der Waals surface area contributed by atoms with Gasteiger partial charge in [0.05, 0.1) is 17.3 Å². The zero-order valence-electron chi connectivity index (χ0n) is 8.50. The highest BCUT2D eigenvalue weighted by Gasteiger charge is 1.97. The van der Waals surface area contributed by atoms with Crippen molar-refractivity contribution in [2.75, 3.05) is 7.05 Å². The highest BCUT2D eigenvalue weighted by molar-refractivity contribution is 5.98. The lowest BCUT2D eigenvalue weighted by Gasteiger charge is -1.93. The van der Waals surface area contributed by atoms with E-state index in [-0.39, 0.29) is 5.56 Å². The van der Waals surface area contributed by atoms with Crippen molar-refractivity contribution >= 4 is 5.71 Å². The number of benzene rings is 1. The minimum Gasteiger partial charge on any atom is -0.284 e. The normalized spacial score (nSPS) is 10.1. The largest absolute Gasteiger partial charge is 0.284 e. The first-order chi connectivity index (χ1) is 7.15. The molecule has 0 amide bonds. The third-order valence-electron chi connectivity index (χ3n) is 1.75. The lowest BCUT2D eigenvalue weighted by Crippen LogP contribution is -1.86. The second-order valence-corrected chi connectivity index (χ2v) is 2.90. The van der Waals surface area contributed by atoms with Crippen LogP contribution in [0.25, 0.3) is 0 Å². The second-order valence-electron chi connectivity index (χ2n) is 2.90. The standard InChI is InChI=1S/C12H9FN2/c1-9(15-2)3-4-10-5-11(8-14)7-12(13)6-10/h5-7H,1-2H3. The van der Waals surface area contributed by atoms with Gasteiger partial charge >= 0.3 is 0 Å². The number of aliphatic imine (C=N–C) groups is 1. The Kier molecular flexibility index (Phi) is 3.60. The molecule has 0 heterocycles. The Morgan fingerprint density at radius 1 is 1.33 bits per heavy atom. The Bertz CT molecular complexity index is 499. The molecule has 0 atom stereocenters. The van der Waals surface area contributed by atoms with Crippen molar-refractivity contribution in [3.05, 3.63) is 35.1 Å². The molecule has 2 nitrogen and oxygen atoms in total. The molecule has 0 unspecified atom stereocenters. The van der Waals surface area contributed by atoms with Gasteiger partial charge in [-0.1, -0.05) is 5.92 Å². The van der Waals surface area contributed by atoms with Crippen molar-refractivity contribution in [3.8, 4) is 17.9 Å². The summed E-state index contributed by atoms with van der Waals surface area (Å²) >= 11 is 0. The van der Waals surface area contributed by atoms with Gasteiger partial charge in [0.25, 0.3) is 0 Å². The van der Waals surface area contributed by atoms with Crippen molar-refractivity contribution in [2.24, 2.45) is 4.99 Å². The Labute approximate surface area is 88.1 Å². The first-order valence-electron chi connectivity index (χ1n) is 4.32. The fourth-order valence-corrected chi connectivity index (χ4v) is 0.945. The summed E-state index contributed by atoms with van der Waals surface area (Å²) in [5, 5.41) is 8.62. The molecule has 0 aliphatic carbocycles. The highest BCUT2D eigenvalue weighted by Crippen LogP contribution is 2.07.